The van der Waals surface area contributed by atoms with Gasteiger partial charge in [0.1, 0.15) is 23.5 Å². The van der Waals surface area contributed by atoms with Gasteiger partial charge in [0.2, 0.25) is 5.91 Å². The smallest absolute Gasteiger partial charge is 0.330 e. The van der Waals surface area contributed by atoms with E-state index >= 15 is 0 Å². The number of likely N-dealkylation sites (tertiary alicyclic amines) is 1. The maximum Gasteiger partial charge on any atom is 0.330 e. The highest BCUT2D eigenvalue weighted by molar-refractivity contribution is 6.09. The fourth-order valence-corrected chi connectivity index (χ4v) is 3.39. The Labute approximate surface area is 130 Å². The van der Waals surface area contributed by atoms with E-state index in [4.69, 9.17) is 4.74 Å². The van der Waals surface area contributed by atoms with Gasteiger partial charge in [0.05, 0.1) is 6.61 Å². The Kier molecular flexibility index (Phi) is 4.68. The number of rotatable bonds is 4. The first-order valence-electron chi connectivity index (χ1n) is 7.78. The molecule has 1 heterocycles. The van der Waals surface area contributed by atoms with Gasteiger partial charge in [0, 0.05) is 25.8 Å². The molecule has 1 atom stereocenters. The highest BCUT2D eigenvalue weighted by atomic mass is 16.5. The van der Waals surface area contributed by atoms with Crippen LogP contribution in [-0.2, 0) is 23.9 Å². The second-order valence-corrected chi connectivity index (χ2v) is 6.82. The van der Waals surface area contributed by atoms with Gasteiger partial charge < -0.3 is 9.64 Å². The molecule has 1 aliphatic carbocycles. The molecule has 6 heteroatoms. The molecule has 6 nitrogen and oxygen atoms in total. The first kappa shape index (κ1) is 16.6. The topological polar surface area (TPSA) is 80.8 Å². The molecule has 1 saturated carbocycles. The minimum atomic E-state index is -1.09. The molecule has 0 aromatic carbocycles. The van der Waals surface area contributed by atoms with Crippen molar-refractivity contribution in [1.29, 1.82) is 0 Å². The van der Waals surface area contributed by atoms with E-state index < -0.39 is 17.9 Å². The first-order chi connectivity index (χ1) is 10.3. The Bertz CT molecular complexity index is 491. The van der Waals surface area contributed by atoms with Gasteiger partial charge >= 0.3 is 5.97 Å². The summed E-state index contributed by atoms with van der Waals surface area (Å²) in [6.07, 6.45) is 1.45. The van der Waals surface area contributed by atoms with E-state index in [0.717, 1.165) is 0 Å². The zero-order valence-electron chi connectivity index (χ0n) is 13.4. The number of Topliss-reactive ketones (excluding diaryl/α,β-unsaturated/α-hetero) is 2. The van der Waals surface area contributed by atoms with E-state index in [1.807, 2.05) is 13.8 Å². The van der Waals surface area contributed by atoms with E-state index in [2.05, 4.69) is 0 Å². The summed E-state index contributed by atoms with van der Waals surface area (Å²) in [7, 11) is 0. The lowest BCUT2D eigenvalue weighted by Crippen LogP contribution is -2.55. The summed E-state index contributed by atoms with van der Waals surface area (Å²) < 4.78 is 5.03. The largest absolute Gasteiger partial charge is 0.464 e. The molecule has 122 valence electrons. The van der Waals surface area contributed by atoms with Crippen molar-refractivity contribution < 1.29 is 23.9 Å². The monoisotopic (exact) mass is 309 g/mol. The van der Waals surface area contributed by atoms with Crippen LogP contribution in [0.3, 0.4) is 0 Å². The van der Waals surface area contributed by atoms with Crippen molar-refractivity contribution in [3.8, 4) is 0 Å². The Morgan fingerprint density at radius 3 is 2.32 bits per heavy atom. The van der Waals surface area contributed by atoms with Crippen molar-refractivity contribution in [2.75, 3.05) is 13.2 Å². The zero-order chi connectivity index (χ0) is 16.5. The van der Waals surface area contributed by atoms with Crippen molar-refractivity contribution in [2.24, 2.45) is 11.3 Å². The van der Waals surface area contributed by atoms with Crippen LogP contribution >= 0.6 is 0 Å². The molecule has 2 aliphatic rings. The lowest BCUT2D eigenvalue weighted by Gasteiger charge is -2.37. The molecule has 1 aliphatic heterocycles. The molecule has 0 aromatic heterocycles. The molecular formula is C16H23NO5. The van der Waals surface area contributed by atoms with Gasteiger partial charge in [-0.05, 0) is 18.8 Å². The van der Waals surface area contributed by atoms with Gasteiger partial charge in [-0.1, -0.05) is 13.8 Å². The highest BCUT2D eigenvalue weighted by Crippen LogP contribution is 2.37. The van der Waals surface area contributed by atoms with E-state index in [1.165, 1.54) is 4.90 Å². The van der Waals surface area contributed by atoms with Crippen molar-refractivity contribution in [3.63, 3.8) is 0 Å². The van der Waals surface area contributed by atoms with E-state index in [9.17, 15) is 19.2 Å². The summed E-state index contributed by atoms with van der Waals surface area (Å²) in [6, 6.07) is -1.09. The first-order valence-corrected chi connectivity index (χ1v) is 7.78. The predicted octanol–water partition coefficient (Wildman–Crippen LogP) is 1.11. The molecule has 2 fully saturated rings. The number of ketones is 2. The highest BCUT2D eigenvalue weighted by Gasteiger charge is 2.50. The number of hydrogen-bond donors (Lipinski definition) is 0. The van der Waals surface area contributed by atoms with E-state index in [-0.39, 0.29) is 42.3 Å². The average molecular weight is 309 g/mol. The third-order valence-corrected chi connectivity index (χ3v) is 4.29. The van der Waals surface area contributed by atoms with Gasteiger partial charge in [-0.15, -0.1) is 0 Å². The second-order valence-electron chi connectivity index (χ2n) is 6.82. The van der Waals surface area contributed by atoms with Crippen molar-refractivity contribution >= 4 is 23.4 Å². The van der Waals surface area contributed by atoms with Crippen LogP contribution in [0.1, 0.15) is 46.5 Å². The average Bonchev–Trinajstić information content (AvgIpc) is 2.78. The third kappa shape index (κ3) is 3.20. The number of esters is 1. The molecule has 1 amide bonds. The summed E-state index contributed by atoms with van der Waals surface area (Å²) in [6.45, 7) is 5.92. The number of hydrogen-bond acceptors (Lipinski definition) is 5. The van der Waals surface area contributed by atoms with Crippen molar-refractivity contribution in [1.82, 2.24) is 4.90 Å². The van der Waals surface area contributed by atoms with Crippen LogP contribution in [0.4, 0.5) is 0 Å². The van der Waals surface area contributed by atoms with Crippen LogP contribution in [0.5, 0.6) is 0 Å². The number of nitrogens with zero attached hydrogens (tertiary/aromatic N) is 1. The van der Waals surface area contributed by atoms with Gasteiger partial charge in [-0.2, -0.15) is 0 Å². The second kappa shape index (κ2) is 6.18. The summed E-state index contributed by atoms with van der Waals surface area (Å²) >= 11 is 0. The quantitative estimate of drug-likeness (QED) is 0.574. The maximum absolute atomic E-state index is 12.5. The van der Waals surface area contributed by atoms with E-state index in [0.29, 0.717) is 19.4 Å². The minimum absolute atomic E-state index is 0.151. The third-order valence-electron chi connectivity index (χ3n) is 4.29. The molecule has 22 heavy (non-hydrogen) atoms. The van der Waals surface area contributed by atoms with Gasteiger partial charge in [-0.25, -0.2) is 4.79 Å². The number of carbonyl (C=O) groups excluding carboxylic acids is 4. The minimum Gasteiger partial charge on any atom is -0.464 e. The van der Waals surface area contributed by atoms with Crippen LogP contribution in [0, 0.1) is 11.3 Å². The molecule has 0 aromatic rings. The lowest BCUT2D eigenvalue weighted by molar-refractivity contribution is -0.162. The Balaban J connectivity index is 2.32. The predicted molar refractivity (Wildman–Crippen MR) is 77.9 cm³/mol. The van der Waals surface area contributed by atoms with Gasteiger partial charge in [0.25, 0.3) is 0 Å². The van der Waals surface area contributed by atoms with E-state index in [1.54, 1.807) is 6.92 Å². The summed E-state index contributed by atoms with van der Waals surface area (Å²) in [5, 5.41) is 0. The SMILES string of the molecule is CCOC(=O)C(C1C(=O)CC(C)(C)CC1=O)N1CCCC1=O. The van der Waals surface area contributed by atoms with Gasteiger partial charge in [-0.3, -0.25) is 14.4 Å². The molecular weight excluding hydrogens is 286 g/mol. The standard InChI is InChI=1S/C16H23NO5/c1-4-22-15(21)14(17-7-5-6-12(17)20)13-10(18)8-16(2,3)9-11(13)19/h13-14H,4-9H2,1-3H3. The van der Waals surface area contributed by atoms with Crippen LogP contribution < -0.4 is 0 Å². The summed E-state index contributed by atoms with van der Waals surface area (Å²) in [5.74, 6) is -2.44. The normalized spacial score (nSPS) is 23.8. The lowest BCUT2D eigenvalue weighted by atomic mass is 9.69. The number of ether oxygens (including phenoxy) is 1. The number of carbonyl (C=O) groups is 4. The molecule has 0 radical (unpaired) electrons. The zero-order valence-corrected chi connectivity index (χ0v) is 13.4. The van der Waals surface area contributed by atoms with Crippen LogP contribution in [0.15, 0.2) is 0 Å². The Morgan fingerprint density at radius 1 is 1.27 bits per heavy atom. The fraction of sp³-hybridized carbons (Fsp3) is 0.750. The van der Waals surface area contributed by atoms with Crippen molar-refractivity contribution in [3.05, 3.63) is 0 Å². The molecule has 1 saturated heterocycles. The Morgan fingerprint density at radius 2 is 1.86 bits per heavy atom. The summed E-state index contributed by atoms with van der Waals surface area (Å²) in [5.41, 5.74) is -0.390. The summed E-state index contributed by atoms with van der Waals surface area (Å²) in [4.78, 5) is 50.6. The molecule has 2 rings (SSSR count). The van der Waals surface area contributed by atoms with Gasteiger partial charge in [0.15, 0.2) is 0 Å². The molecule has 0 N–H and O–H groups in total. The molecule has 0 bridgehead atoms. The van der Waals surface area contributed by atoms with Crippen molar-refractivity contribution in [2.45, 2.75) is 52.5 Å². The van der Waals surface area contributed by atoms with Crippen LogP contribution in [0.2, 0.25) is 0 Å². The van der Waals surface area contributed by atoms with Crippen LogP contribution in [-0.4, -0.2) is 47.5 Å². The Hall–Kier alpha value is -1.72. The van der Waals surface area contributed by atoms with Crippen LogP contribution in [0.25, 0.3) is 0 Å². The fourth-order valence-electron chi connectivity index (χ4n) is 3.39. The maximum atomic E-state index is 12.5. The number of amides is 1. The molecule has 0 spiro atoms. The molecule has 1 unspecified atom stereocenters.